The molecule has 1 aliphatic rings. The highest BCUT2D eigenvalue weighted by Gasteiger charge is 2.45. The highest BCUT2D eigenvalue weighted by molar-refractivity contribution is 6.06. The van der Waals surface area contributed by atoms with E-state index in [2.05, 4.69) is 200 Å². The zero-order valence-electron chi connectivity index (χ0n) is 33.7. The van der Waals surface area contributed by atoms with E-state index in [9.17, 15) is 0 Å². The second-order valence-corrected chi connectivity index (χ2v) is 16.1. The van der Waals surface area contributed by atoms with Crippen LogP contribution in [0.2, 0.25) is 0 Å². The Morgan fingerprint density at radius 2 is 0.806 bits per heavy atom. The average molecular weight is 791 g/mol. The predicted octanol–water partition coefficient (Wildman–Crippen LogP) is 15.1. The third-order valence-corrected chi connectivity index (χ3v) is 12.6. The first-order valence-corrected chi connectivity index (χ1v) is 21.1. The van der Waals surface area contributed by atoms with Gasteiger partial charge in [-0.1, -0.05) is 200 Å². The molecule has 0 saturated carbocycles. The lowest BCUT2D eigenvalue weighted by Crippen LogP contribution is -2.28. The summed E-state index contributed by atoms with van der Waals surface area (Å²) < 4.78 is 6.13. The van der Waals surface area contributed by atoms with Crippen molar-refractivity contribution < 1.29 is 4.42 Å². The molecule has 1 aliphatic carbocycles. The fraction of sp³-hybridized carbons (Fsp3) is 0.0169. The van der Waals surface area contributed by atoms with Crippen molar-refractivity contribution in [2.75, 3.05) is 0 Å². The van der Waals surface area contributed by atoms with Crippen LogP contribution in [-0.2, 0) is 5.41 Å². The highest BCUT2D eigenvalue weighted by atomic mass is 16.3. The summed E-state index contributed by atoms with van der Waals surface area (Å²) in [5.74, 6) is 0.692. The second-order valence-electron chi connectivity index (χ2n) is 16.1. The van der Waals surface area contributed by atoms with E-state index >= 15 is 0 Å². The topological polar surface area (TPSA) is 38.9 Å². The Morgan fingerprint density at radius 3 is 1.53 bits per heavy atom. The molecule has 0 unspecified atom stereocenters. The molecule has 290 valence electrons. The van der Waals surface area contributed by atoms with Gasteiger partial charge >= 0.3 is 0 Å². The molecule has 0 aliphatic heterocycles. The number of benzene rings is 9. The van der Waals surface area contributed by atoms with Crippen molar-refractivity contribution in [1.82, 2.24) is 9.97 Å². The fourth-order valence-electron chi connectivity index (χ4n) is 9.68. The van der Waals surface area contributed by atoms with Crippen molar-refractivity contribution in [2.24, 2.45) is 0 Å². The number of para-hydroxylation sites is 1. The second kappa shape index (κ2) is 14.5. The maximum Gasteiger partial charge on any atom is 0.160 e. The average Bonchev–Trinajstić information content (AvgIpc) is 3.88. The van der Waals surface area contributed by atoms with Crippen LogP contribution in [0.5, 0.6) is 0 Å². The van der Waals surface area contributed by atoms with Gasteiger partial charge in [0.2, 0.25) is 0 Å². The number of rotatable bonds is 7. The van der Waals surface area contributed by atoms with Crippen molar-refractivity contribution >= 4 is 21.9 Å². The van der Waals surface area contributed by atoms with Gasteiger partial charge < -0.3 is 4.42 Å². The number of furan rings is 1. The lowest BCUT2D eigenvalue weighted by Gasteiger charge is -2.34. The smallest absolute Gasteiger partial charge is 0.160 e. The molecule has 3 heteroatoms. The van der Waals surface area contributed by atoms with Crippen LogP contribution in [0.25, 0.3) is 89.2 Å². The molecule has 11 aromatic rings. The Bertz CT molecular complexity index is 3400. The van der Waals surface area contributed by atoms with E-state index in [0.29, 0.717) is 5.82 Å². The highest BCUT2D eigenvalue weighted by Crippen LogP contribution is 2.56. The van der Waals surface area contributed by atoms with Gasteiger partial charge in [-0.2, -0.15) is 0 Å². The molecule has 0 amide bonds. The summed E-state index contributed by atoms with van der Waals surface area (Å²) in [6, 6.07) is 82.3. The monoisotopic (exact) mass is 790 g/mol. The van der Waals surface area contributed by atoms with E-state index in [-0.39, 0.29) is 0 Å². The molecule has 62 heavy (non-hydrogen) atoms. The Balaban J connectivity index is 0.905. The van der Waals surface area contributed by atoms with Gasteiger partial charge in [-0.25, -0.2) is 9.97 Å². The molecule has 0 saturated heterocycles. The minimum absolute atomic E-state index is 0.417. The molecule has 0 N–H and O–H groups in total. The summed E-state index contributed by atoms with van der Waals surface area (Å²) in [6.45, 7) is 0. The van der Waals surface area contributed by atoms with Gasteiger partial charge in [0, 0.05) is 27.5 Å². The molecular formula is C59H38N2O. The SMILES string of the molecule is c1ccc(-c2nc(-c3ccc(-c4ccc(C5(c6ccccc6)c6ccccc6-c6ccccc65)cc4)cc3)cc(-c3cccc(-c4ccc5oc6ccccc6c5c4)c3)n2)cc1. The number of hydrogen-bond donors (Lipinski definition) is 0. The molecule has 0 fully saturated rings. The first-order chi connectivity index (χ1) is 30.7. The molecule has 12 rings (SSSR count). The van der Waals surface area contributed by atoms with Gasteiger partial charge in [-0.15, -0.1) is 0 Å². The zero-order chi connectivity index (χ0) is 41.0. The standard InChI is InChI=1S/C59H38N2O/c1-3-14-42(15-4-1)58-60-54(38-55(61-58)45-17-13-16-43(36-45)44-32-35-57-51(37-44)50-22-9-12-25-56(50)62-57)41-28-26-39(27-29-41)40-30-33-47(34-31-40)59(46-18-5-2-6-19-46)52-23-10-7-20-48(52)49-21-8-11-24-53(49)59/h1-38H. The molecule has 3 nitrogen and oxygen atoms in total. The van der Waals surface area contributed by atoms with Crippen LogP contribution in [0.4, 0.5) is 0 Å². The quantitative estimate of drug-likeness (QED) is 0.161. The van der Waals surface area contributed by atoms with E-state index in [1.54, 1.807) is 0 Å². The molecule has 2 aromatic heterocycles. The van der Waals surface area contributed by atoms with Crippen LogP contribution in [0.15, 0.2) is 235 Å². The molecule has 0 bridgehead atoms. The van der Waals surface area contributed by atoms with Crippen LogP contribution in [0.3, 0.4) is 0 Å². The van der Waals surface area contributed by atoms with Gasteiger partial charge in [-0.3, -0.25) is 0 Å². The van der Waals surface area contributed by atoms with Gasteiger partial charge in [-0.05, 0) is 86.0 Å². The lowest BCUT2D eigenvalue weighted by molar-refractivity contribution is 0.669. The minimum Gasteiger partial charge on any atom is -0.456 e. The van der Waals surface area contributed by atoms with Crippen molar-refractivity contribution in [3.8, 4) is 67.3 Å². The Morgan fingerprint density at radius 1 is 0.306 bits per heavy atom. The van der Waals surface area contributed by atoms with E-state index in [0.717, 1.165) is 72.3 Å². The van der Waals surface area contributed by atoms with Crippen LogP contribution >= 0.6 is 0 Å². The maximum atomic E-state index is 6.13. The molecule has 9 aromatic carbocycles. The summed E-state index contributed by atoms with van der Waals surface area (Å²) >= 11 is 0. The van der Waals surface area contributed by atoms with Crippen LogP contribution in [0.1, 0.15) is 22.3 Å². The lowest BCUT2D eigenvalue weighted by atomic mass is 9.67. The fourth-order valence-corrected chi connectivity index (χ4v) is 9.68. The Kier molecular flexibility index (Phi) is 8.39. The van der Waals surface area contributed by atoms with Gasteiger partial charge in [0.05, 0.1) is 16.8 Å². The van der Waals surface area contributed by atoms with Crippen LogP contribution < -0.4 is 0 Å². The van der Waals surface area contributed by atoms with Crippen molar-refractivity contribution in [3.05, 3.63) is 253 Å². The molecule has 0 radical (unpaired) electrons. The largest absolute Gasteiger partial charge is 0.456 e. The summed E-state index contributed by atoms with van der Waals surface area (Å²) in [5.41, 5.74) is 18.4. The minimum atomic E-state index is -0.417. The van der Waals surface area contributed by atoms with Crippen LogP contribution in [-0.4, -0.2) is 9.97 Å². The maximum absolute atomic E-state index is 6.13. The predicted molar refractivity (Wildman–Crippen MR) is 254 cm³/mol. The van der Waals surface area contributed by atoms with Crippen LogP contribution in [0, 0.1) is 0 Å². The van der Waals surface area contributed by atoms with Gasteiger partial charge in [0.15, 0.2) is 5.82 Å². The molecular weight excluding hydrogens is 753 g/mol. The van der Waals surface area contributed by atoms with Gasteiger partial charge in [0.1, 0.15) is 11.2 Å². The molecule has 2 heterocycles. The molecule has 0 atom stereocenters. The zero-order valence-corrected chi connectivity index (χ0v) is 33.7. The first kappa shape index (κ1) is 35.8. The van der Waals surface area contributed by atoms with Gasteiger partial charge in [0.25, 0.3) is 0 Å². The molecule has 0 spiro atoms. The summed E-state index contributed by atoms with van der Waals surface area (Å²) in [7, 11) is 0. The third kappa shape index (κ3) is 5.82. The van der Waals surface area contributed by atoms with Crippen molar-refractivity contribution in [1.29, 1.82) is 0 Å². The summed E-state index contributed by atoms with van der Waals surface area (Å²) in [6.07, 6.45) is 0. The van der Waals surface area contributed by atoms with E-state index in [4.69, 9.17) is 14.4 Å². The van der Waals surface area contributed by atoms with E-state index < -0.39 is 5.41 Å². The number of fused-ring (bicyclic) bond motifs is 6. The summed E-state index contributed by atoms with van der Waals surface area (Å²) in [4.78, 5) is 10.3. The van der Waals surface area contributed by atoms with E-state index in [1.165, 1.54) is 33.4 Å². The Labute approximate surface area is 360 Å². The third-order valence-electron chi connectivity index (χ3n) is 12.6. The summed E-state index contributed by atoms with van der Waals surface area (Å²) in [5, 5.41) is 2.23. The number of hydrogen-bond acceptors (Lipinski definition) is 3. The van der Waals surface area contributed by atoms with Crippen molar-refractivity contribution in [2.45, 2.75) is 5.41 Å². The first-order valence-electron chi connectivity index (χ1n) is 21.1. The number of nitrogens with zero attached hydrogens (tertiary/aromatic N) is 2. The normalized spacial score (nSPS) is 12.6. The van der Waals surface area contributed by atoms with E-state index in [1.807, 2.05) is 30.3 Å². The Hall–Kier alpha value is -8.14. The number of aromatic nitrogens is 2. The van der Waals surface area contributed by atoms with Crippen molar-refractivity contribution in [3.63, 3.8) is 0 Å².